The van der Waals surface area contributed by atoms with Crippen LogP contribution < -0.4 is 10.6 Å². The minimum absolute atomic E-state index is 0. The first-order chi connectivity index (χ1) is 10.2. The van der Waals surface area contributed by atoms with Crippen LogP contribution in [0.5, 0.6) is 0 Å². The SMILES string of the molecule is CCNC(=NCCCCSC)NC(C)c1ccccc1Cl.I. The molecule has 0 amide bonds. The predicted octanol–water partition coefficient (Wildman–Crippen LogP) is 4.72. The van der Waals surface area contributed by atoms with E-state index in [1.807, 2.05) is 36.0 Å². The number of aliphatic imine (C=N–C) groups is 1. The second-order valence-corrected chi connectivity index (χ2v) is 6.24. The Hall–Kier alpha value is -0.140. The van der Waals surface area contributed by atoms with Crippen molar-refractivity contribution in [3.05, 3.63) is 34.9 Å². The van der Waals surface area contributed by atoms with E-state index in [2.05, 4.69) is 35.7 Å². The van der Waals surface area contributed by atoms with Crippen LogP contribution in [-0.2, 0) is 0 Å². The Morgan fingerprint density at radius 3 is 2.68 bits per heavy atom. The minimum Gasteiger partial charge on any atom is -0.357 e. The van der Waals surface area contributed by atoms with E-state index in [1.54, 1.807) is 0 Å². The van der Waals surface area contributed by atoms with Crippen LogP contribution in [0.15, 0.2) is 29.3 Å². The quantitative estimate of drug-likeness (QED) is 0.258. The number of hydrogen-bond donors (Lipinski definition) is 2. The van der Waals surface area contributed by atoms with Crippen LogP contribution in [0, 0.1) is 0 Å². The Kier molecular flexibility index (Phi) is 13.2. The van der Waals surface area contributed by atoms with Gasteiger partial charge in [0.15, 0.2) is 5.96 Å². The molecule has 0 heterocycles. The fraction of sp³-hybridized carbons (Fsp3) is 0.562. The summed E-state index contributed by atoms with van der Waals surface area (Å²) in [6.45, 7) is 5.88. The van der Waals surface area contributed by atoms with Gasteiger partial charge in [0.2, 0.25) is 0 Å². The van der Waals surface area contributed by atoms with Gasteiger partial charge in [-0.3, -0.25) is 4.99 Å². The zero-order valence-electron chi connectivity index (χ0n) is 13.6. The second kappa shape index (κ2) is 13.3. The molecule has 1 aromatic rings. The monoisotopic (exact) mass is 455 g/mol. The number of benzene rings is 1. The van der Waals surface area contributed by atoms with Gasteiger partial charge >= 0.3 is 0 Å². The number of thioether (sulfide) groups is 1. The molecule has 126 valence electrons. The molecule has 1 rings (SSSR count). The van der Waals surface area contributed by atoms with Crippen LogP contribution in [0.4, 0.5) is 0 Å². The number of nitrogens with zero attached hydrogens (tertiary/aromatic N) is 1. The molecule has 0 radical (unpaired) electrons. The third-order valence-corrected chi connectivity index (χ3v) is 4.14. The number of unbranched alkanes of at least 4 members (excludes halogenated alkanes) is 1. The molecule has 0 aliphatic carbocycles. The number of halogens is 2. The first-order valence-corrected chi connectivity index (χ1v) is 9.24. The maximum absolute atomic E-state index is 6.24. The Morgan fingerprint density at radius 1 is 1.32 bits per heavy atom. The van der Waals surface area contributed by atoms with Crippen LogP contribution in [0.3, 0.4) is 0 Å². The third-order valence-electron chi connectivity index (χ3n) is 3.10. The molecule has 2 N–H and O–H groups in total. The molecule has 0 bridgehead atoms. The highest BCUT2D eigenvalue weighted by molar-refractivity contribution is 14.0. The lowest BCUT2D eigenvalue weighted by Gasteiger charge is -2.19. The maximum Gasteiger partial charge on any atom is 0.191 e. The van der Waals surface area contributed by atoms with E-state index in [-0.39, 0.29) is 30.0 Å². The highest BCUT2D eigenvalue weighted by Crippen LogP contribution is 2.21. The van der Waals surface area contributed by atoms with Crippen molar-refractivity contribution < 1.29 is 0 Å². The molecule has 6 heteroatoms. The Morgan fingerprint density at radius 2 is 2.05 bits per heavy atom. The largest absolute Gasteiger partial charge is 0.357 e. The van der Waals surface area contributed by atoms with E-state index in [1.165, 1.54) is 12.2 Å². The van der Waals surface area contributed by atoms with E-state index in [9.17, 15) is 0 Å². The summed E-state index contributed by atoms with van der Waals surface area (Å²) in [6, 6.07) is 8.04. The summed E-state index contributed by atoms with van der Waals surface area (Å²) in [4.78, 5) is 4.62. The first-order valence-electron chi connectivity index (χ1n) is 7.47. The summed E-state index contributed by atoms with van der Waals surface area (Å²) in [5, 5.41) is 7.48. The number of guanidine groups is 1. The van der Waals surface area contributed by atoms with Crippen LogP contribution in [0.1, 0.15) is 38.3 Å². The summed E-state index contributed by atoms with van der Waals surface area (Å²) in [5.74, 6) is 2.06. The van der Waals surface area contributed by atoms with Crippen LogP contribution in [-0.4, -0.2) is 31.1 Å². The minimum atomic E-state index is 0. The Labute approximate surface area is 161 Å². The van der Waals surface area contributed by atoms with Crippen molar-refractivity contribution in [2.45, 2.75) is 32.7 Å². The number of hydrogen-bond acceptors (Lipinski definition) is 2. The molecule has 1 atom stereocenters. The van der Waals surface area contributed by atoms with Crippen LogP contribution in [0.25, 0.3) is 0 Å². The molecular formula is C16H27ClIN3S. The lowest BCUT2D eigenvalue weighted by atomic mass is 10.1. The summed E-state index contributed by atoms with van der Waals surface area (Å²) in [6.07, 6.45) is 4.47. The van der Waals surface area contributed by atoms with Gasteiger partial charge in [-0.1, -0.05) is 29.8 Å². The van der Waals surface area contributed by atoms with Crippen molar-refractivity contribution in [2.75, 3.05) is 25.1 Å². The van der Waals surface area contributed by atoms with Gasteiger partial charge in [-0.15, -0.1) is 24.0 Å². The number of nitrogens with one attached hydrogen (secondary N) is 2. The summed E-state index contributed by atoms with van der Waals surface area (Å²) in [5.41, 5.74) is 1.09. The molecule has 0 spiro atoms. The fourth-order valence-corrected chi connectivity index (χ4v) is 2.77. The summed E-state index contributed by atoms with van der Waals surface area (Å²) >= 11 is 8.12. The fourth-order valence-electron chi connectivity index (χ4n) is 1.98. The Balaban J connectivity index is 0.00000441. The topological polar surface area (TPSA) is 36.4 Å². The maximum atomic E-state index is 6.24. The van der Waals surface area contributed by atoms with Gasteiger partial charge in [-0.2, -0.15) is 11.8 Å². The molecular weight excluding hydrogens is 429 g/mol. The molecule has 0 aliphatic heterocycles. The van der Waals surface area contributed by atoms with Gasteiger partial charge in [-0.05, 0) is 50.3 Å². The molecule has 0 fully saturated rings. The standard InChI is InChI=1S/C16H26ClN3S.HI/c1-4-18-16(19-11-7-8-12-21-3)20-13(2)14-9-5-6-10-15(14)17;/h5-6,9-10,13H,4,7-8,11-12H2,1-3H3,(H2,18,19,20);1H. The first kappa shape index (κ1) is 21.9. The second-order valence-electron chi connectivity index (χ2n) is 4.85. The van der Waals surface area contributed by atoms with E-state index >= 15 is 0 Å². The van der Waals surface area contributed by atoms with Gasteiger partial charge in [-0.25, -0.2) is 0 Å². The van der Waals surface area contributed by atoms with Gasteiger partial charge in [0.1, 0.15) is 0 Å². The molecule has 0 saturated heterocycles. The Bertz CT molecular complexity index is 443. The van der Waals surface area contributed by atoms with E-state index in [0.717, 1.165) is 36.1 Å². The summed E-state index contributed by atoms with van der Waals surface area (Å²) in [7, 11) is 0. The third kappa shape index (κ3) is 8.48. The van der Waals surface area contributed by atoms with Gasteiger partial charge in [0.25, 0.3) is 0 Å². The molecule has 0 aromatic heterocycles. The van der Waals surface area contributed by atoms with Crippen molar-refractivity contribution in [1.29, 1.82) is 0 Å². The van der Waals surface area contributed by atoms with Crippen molar-refractivity contribution in [2.24, 2.45) is 4.99 Å². The molecule has 1 unspecified atom stereocenters. The molecule has 22 heavy (non-hydrogen) atoms. The molecule has 0 aliphatic rings. The van der Waals surface area contributed by atoms with E-state index < -0.39 is 0 Å². The molecule has 3 nitrogen and oxygen atoms in total. The van der Waals surface area contributed by atoms with Crippen molar-refractivity contribution in [3.8, 4) is 0 Å². The van der Waals surface area contributed by atoms with Crippen molar-refractivity contribution in [3.63, 3.8) is 0 Å². The van der Waals surface area contributed by atoms with Crippen molar-refractivity contribution in [1.82, 2.24) is 10.6 Å². The summed E-state index contributed by atoms with van der Waals surface area (Å²) < 4.78 is 0. The van der Waals surface area contributed by atoms with Crippen LogP contribution >= 0.6 is 47.3 Å². The highest BCUT2D eigenvalue weighted by atomic mass is 127. The smallest absolute Gasteiger partial charge is 0.191 e. The highest BCUT2D eigenvalue weighted by Gasteiger charge is 2.10. The van der Waals surface area contributed by atoms with Crippen molar-refractivity contribution >= 4 is 53.3 Å². The van der Waals surface area contributed by atoms with Gasteiger partial charge in [0, 0.05) is 18.1 Å². The van der Waals surface area contributed by atoms with Gasteiger partial charge < -0.3 is 10.6 Å². The average Bonchev–Trinajstić information content (AvgIpc) is 2.47. The number of rotatable bonds is 8. The van der Waals surface area contributed by atoms with E-state index in [0.29, 0.717) is 0 Å². The zero-order valence-corrected chi connectivity index (χ0v) is 17.5. The predicted molar refractivity (Wildman–Crippen MR) is 112 cm³/mol. The molecule has 1 aromatic carbocycles. The normalized spacial score (nSPS) is 12.5. The lowest BCUT2D eigenvalue weighted by molar-refractivity contribution is 0.683. The van der Waals surface area contributed by atoms with E-state index in [4.69, 9.17) is 11.6 Å². The molecule has 0 saturated carbocycles. The lowest BCUT2D eigenvalue weighted by Crippen LogP contribution is -2.38. The van der Waals surface area contributed by atoms with Crippen LogP contribution in [0.2, 0.25) is 5.02 Å². The average molecular weight is 456 g/mol. The van der Waals surface area contributed by atoms with Gasteiger partial charge in [0.05, 0.1) is 6.04 Å². The zero-order chi connectivity index (χ0) is 15.5.